The zero-order chi connectivity index (χ0) is 13.7. The molecule has 0 spiro atoms. The van der Waals surface area contributed by atoms with Gasteiger partial charge >= 0.3 is 0 Å². The van der Waals surface area contributed by atoms with E-state index >= 15 is 0 Å². The number of nitrogens with zero attached hydrogens (tertiary/aromatic N) is 2. The van der Waals surface area contributed by atoms with Crippen molar-refractivity contribution in [2.45, 2.75) is 17.3 Å². The molecule has 0 saturated heterocycles. The number of methoxy groups -OCH3 is 1. The minimum Gasteiger partial charge on any atom is -0.378 e. The lowest BCUT2D eigenvalue weighted by atomic mass is 10.4. The molecule has 0 radical (unpaired) electrons. The van der Waals surface area contributed by atoms with Gasteiger partial charge in [-0.05, 0) is 24.3 Å². The van der Waals surface area contributed by atoms with Gasteiger partial charge < -0.3 is 4.74 Å². The normalized spacial score (nSPS) is 10.7. The van der Waals surface area contributed by atoms with Gasteiger partial charge in [-0.3, -0.25) is 0 Å². The van der Waals surface area contributed by atoms with E-state index in [0.717, 1.165) is 10.6 Å². The van der Waals surface area contributed by atoms with Crippen molar-refractivity contribution in [3.63, 3.8) is 0 Å². The zero-order valence-electron chi connectivity index (χ0n) is 10.3. The van der Waals surface area contributed by atoms with Crippen LogP contribution in [0.3, 0.4) is 0 Å². The lowest BCUT2D eigenvalue weighted by molar-refractivity contribution is 0.181. The highest BCUT2D eigenvalue weighted by atomic mass is 35.5. The molecular weight excluding hydrogens is 287 g/mol. The van der Waals surface area contributed by atoms with Crippen LogP contribution in [0.4, 0.5) is 4.39 Å². The van der Waals surface area contributed by atoms with Gasteiger partial charge in [0.05, 0.1) is 18.1 Å². The first-order chi connectivity index (χ1) is 9.17. The number of halogens is 2. The van der Waals surface area contributed by atoms with Crippen LogP contribution in [-0.2, 0) is 17.1 Å². The molecule has 19 heavy (non-hydrogen) atoms. The van der Waals surface area contributed by atoms with Crippen molar-refractivity contribution in [3.05, 3.63) is 52.8 Å². The summed E-state index contributed by atoms with van der Waals surface area (Å²) in [7, 11) is 1.59. The number of benzene rings is 1. The number of rotatable bonds is 5. The molecule has 1 heterocycles. The Morgan fingerprint density at radius 3 is 2.89 bits per heavy atom. The highest BCUT2D eigenvalue weighted by Gasteiger charge is 2.05. The minimum atomic E-state index is -0.253. The lowest BCUT2D eigenvalue weighted by Crippen LogP contribution is -1.99. The van der Waals surface area contributed by atoms with Crippen molar-refractivity contribution in [1.82, 2.24) is 9.97 Å². The van der Waals surface area contributed by atoms with Gasteiger partial charge in [0.15, 0.2) is 0 Å². The molecule has 1 aromatic heterocycles. The average Bonchev–Trinajstić information content (AvgIpc) is 2.36. The van der Waals surface area contributed by atoms with Crippen LogP contribution in [0.25, 0.3) is 0 Å². The Kier molecular flexibility index (Phi) is 5.13. The largest absolute Gasteiger partial charge is 0.378 e. The molecule has 0 amide bonds. The number of hydrogen-bond acceptors (Lipinski definition) is 4. The molecule has 0 saturated carbocycles. The fraction of sp³-hybridized carbons (Fsp3) is 0.231. The lowest BCUT2D eigenvalue weighted by Gasteiger charge is -2.05. The van der Waals surface area contributed by atoms with Crippen LogP contribution in [0.15, 0.2) is 35.2 Å². The number of aromatic nitrogens is 2. The summed E-state index contributed by atoms with van der Waals surface area (Å²) in [5, 5.41) is 0.386. The first-order valence-corrected chi connectivity index (χ1v) is 6.93. The molecule has 3 nitrogen and oxygen atoms in total. The molecule has 0 fully saturated rings. The van der Waals surface area contributed by atoms with Crippen LogP contribution < -0.4 is 0 Å². The average molecular weight is 299 g/mol. The summed E-state index contributed by atoms with van der Waals surface area (Å²) >= 11 is 7.38. The SMILES string of the molecule is COCc1cc(Cl)nc(CSc2cccc(F)c2)n1. The Morgan fingerprint density at radius 2 is 2.16 bits per heavy atom. The molecule has 0 aliphatic rings. The van der Waals surface area contributed by atoms with E-state index in [1.54, 1.807) is 19.2 Å². The summed E-state index contributed by atoms with van der Waals surface area (Å²) < 4.78 is 18.1. The molecule has 0 bridgehead atoms. The predicted molar refractivity (Wildman–Crippen MR) is 73.7 cm³/mol. The van der Waals surface area contributed by atoms with Gasteiger partial charge in [-0.2, -0.15) is 0 Å². The second kappa shape index (κ2) is 6.84. The van der Waals surface area contributed by atoms with Crippen LogP contribution in [0.5, 0.6) is 0 Å². The van der Waals surface area contributed by atoms with E-state index in [1.165, 1.54) is 23.9 Å². The van der Waals surface area contributed by atoms with Crippen LogP contribution in [-0.4, -0.2) is 17.1 Å². The topological polar surface area (TPSA) is 35.0 Å². The van der Waals surface area contributed by atoms with Gasteiger partial charge in [0.25, 0.3) is 0 Å². The Bertz CT molecular complexity index is 568. The third kappa shape index (κ3) is 4.45. The maximum Gasteiger partial charge on any atom is 0.140 e. The second-order valence-electron chi connectivity index (χ2n) is 3.78. The van der Waals surface area contributed by atoms with Crippen molar-refractivity contribution in [2.24, 2.45) is 0 Å². The van der Waals surface area contributed by atoms with Crippen LogP contribution >= 0.6 is 23.4 Å². The third-order valence-electron chi connectivity index (χ3n) is 2.25. The van der Waals surface area contributed by atoms with Gasteiger partial charge in [0.2, 0.25) is 0 Å². The molecule has 0 aliphatic carbocycles. The van der Waals surface area contributed by atoms with Crippen LogP contribution in [0.1, 0.15) is 11.5 Å². The minimum absolute atomic E-state index is 0.253. The summed E-state index contributed by atoms with van der Waals surface area (Å²) in [5.41, 5.74) is 0.734. The van der Waals surface area contributed by atoms with Gasteiger partial charge in [-0.1, -0.05) is 17.7 Å². The van der Waals surface area contributed by atoms with E-state index in [0.29, 0.717) is 23.3 Å². The highest BCUT2D eigenvalue weighted by Crippen LogP contribution is 2.22. The molecule has 1 aromatic carbocycles. The van der Waals surface area contributed by atoms with E-state index in [2.05, 4.69) is 9.97 Å². The predicted octanol–water partition coefficient (Wildman–Crippen LogP) is 3.71. The van der Waals surface area contributed by atoms with Crippen LogP contribution in [0.2, 0.25) is 5.15 Å². The summed E-state index contributed by atoms with van der Waals surface area (Å²) in [6.45, 7) is 0.389. The van der Waals surface area contributed by atoms with Gasteiger partial charge in [0.1, 0.15) is 16.8 Å². The number of ether oxygens (including phenoxy) is 1. The van der Waals surface area contributed by atoms with E-state index in [9.17, 15) is 4.39 Å². The smallest absolute Gasteiger partial charge is 0.140 e. The summed E-state index contributed by atoms with van der Waals surface area (Å²) in [6.07, 6.45) is 0. The van der Waals surface area contributed by atoms with Crippen molar-refractivity contribution in [3.8, 4) is 0 Å². The molecule has 2 rings (SSSR count). The van der Waals surface area contributed by atoms with Gasteiger partial charge in [-0.25, -0.2) is 14.4 Å². The van der Waals surface area contributed by atoms with E-state index in [-0.39, 0.29) is 5.82 Å². The molecule has 100 valence electrons. The van der Waals surface area contributed by atoms with Crippen molar-refractivity contribution in [1.29, 1.82) is 0 Å². The van der Waals surface area contributed by atoms with Crippen molar-refractivity contribution >= 4 is 23.4 Å². The fourth-order valence-electron chi connectivity index (χ4n) is 1.51. The van der Waals surface area contributed by atoms with Gasteiger partial charge in [-0.15, -0.1) is 11.8 Å². The monoisotopic (exact) mass is 298 g/mol. The Labute approximate surface area is 120 Å². The quantitative estimate of drug-likeness (QED) is 0.623. The first-order valence-electron chi connectivity index (χ1n) is 5.57. The van der Waals surface area contributed by atoms with Crippen molar-refractivity contribution < 1.29 is 9.13 Å². The molecule has 0 N–H and O–H groups in total. The molecule has 0 unspecified atom stereocenters. The fourth-order valence-corrected chi connectivity index (χ4v) is 2.53. The maximum absolute atomic E-state index is 13.0. The Balaban J connectivity index is 2.06. The number of thioether (sulfide) groups is 1. The zero-order valence-corrected chi connectivity index (χ0v) is 11.8. The summed E-state index contributed by atoms with van der Waals surface area (Å²) in [4.78, 5) is 9.29. The summed E-state index contributed by atoms with van der Waals surface area (Å²) in [6, 6.07) is 8.07. The second-order valence-corrected chi connectivity index (χ2v) is 5.21. The molecule has 0 aliphatic heterocycles. The molecular formula is C13H12ClFN2OS. The number of hydrogen-bond donors (Lipinski definition) is 0. The molecule has 0 atom stereocenters. The van der Waals surface area contributed by atoms with Crippen LogP contribution in [0, 0.1) is 5.82 Å². The Hall–Kier alpha value is -1.17. The standard InChI is InChI=1S/C13H12ClFN2OS/c1-18-7-10-6-12(14)17-13(16-10)8-19-11-4-2-3-9(15)5-11/h2-6H,7-8H2,1H3. The first kappa shape index (κ1) is 14.2. The molecule has 2 aromatic rings. The summed E-state index contributed by atoms with van der Waals surface area (Å²) in [5.74, 6) is 0.881. The Morgan fingerprint density at radius 1 is 1.32 bits per heavy atom. The van der Waals surface area contributed by atoms with Gasteiger partial charge in [0, 0.05) is 12.0 Å². The third-order valence-corrected chi connectivity index (χ3v) is 3.43. The maximum atomic E-state index is 13.0. The highest BCUT2D eigenvalue weighted by molar-refractivity contribution is 7.98. The molecule has 6 heteroatoms. The van der Waals surface area contributed by atoms with E-state index < -0.39 is 0 Å². The van der Waals surface area contributed by atoms with E-state index in [4.69, 9.17) is 16.3 Å². The van der Waals surface area contributed by atoms with E-state index in [1.807, 2.05) is 6.07 Å². The van der Waals surface area contributed by atoms with Crippen molar-refractivity contribution in [2.75, 3.05) is 7.11 Å².